The quantitative estimate of drug-likeness (QED) is 0.900. The zero-order valence-corrected chi connectivity index (χ0v) is 10.6. The van der Waals surface area contributed by atoms with Gasteiger partial charge < -0.3 is 14.6 Å². The molecule has 0 heterocycles. The van der Waals surface area contributed by atoms with Crippen LogP contribution in [0.4, 0.5) is 4.39 Å². The summed E-state index contributed by atoms with van der Waals surface area (Å²) in [5.74, 6) is 0.194. The van der Waals surface area contributed by atoms with Gasteiger partial charge in [-0.1, -0.05) is 24.3 Å². The lowest BCUT2D eigenvalue weighted by Crippen LogP contribution is -1.97. The van der Waals surface area contributed by atoms with Crippen molar-refractivity contribution in [3.63, 3.8) is 0 Å². The third-order valence-corrected chi connectivity index (χ3v) is 2.73. The number of hydrogen-bond acceptors (Lipinski definition) is 3. The van der Waals surface area contributed by atoms with Crippen molar-refractivity contribution < 1.29 is 19.0 Å². The summed E-state index contributed by atoms with van der Waals surface area (Å²) in [5.41, 5.74) is 1.80. The Morgan fingerprint density at radius 3 is 2.32 bits per heavy atom. The molecule has 0 aromatic heterocycles. The maximum Gasteiger partial charge on any atom is 0.168 e. The molecular weight excluding hydrogens is 247 g/mol. The number of aliphatic hydroxyl groups is 1. The number of benzene rings is 2. The number of methoxy groups -OCH3 is 1. The van der Waals surface area contributed by atoms with Gasteiger partial charge in [0, 0.05) is 6.07 Å². The molecule has 100 valence electrons. The van der Waals surface area contributed by atoms with Crippen molar-refractivity contribution >= 4 is 0 Å². The summed E-state index contributed by atoms with van der Waals surface area (Å²) in [6.07, 6.45) is 0. The minimum atomic E-state index is -0.448. The Hall–Kier alpha value is -2.07. The lowest BCUT2D eigenvalue weighted by molar-refractivity contribution is 0.281. The van der Waals surface area contributed by atoms with Crippen LogP contribution in [0.3, 0.4) is 0 Å². The van der Waals surface area contributed by atoms with E-state index < -0.39 is 5.82 Å². The SMILES string of the molecule is COc1ccc(OCc2ccc(CO)cc2)cc1F. The summed E-state index contributed by atoms with van der Waals surface area (Å²) in [6.45, 7) is 0.363. The minimum absolute atomic E-state index is 0.0187. The molecule has 3 nitrogen and oxygen atoms in total. The van der Waals surface area contributed by atoms with Crippen molar-refractivity contribution in [1.29, 1.82) is 0 Å². The molecule has 1 N–H and O–H groups in total. The Labute approximate surface area is 111 Å². The first-order chi connectivity index (χ1) is 9.22. The molecule has 0 spiro atoms. The van der Waals surface area contributed by atoms with Crippen molar-refractivity contribution in [3.05, 3.63) is 59.4 Å². The molecule has 0 saturated heterocycles. The van der Waals surface area contributed by atoms with Crippen LogP contribution >= 0.6 is 0 Å². The van der Waals surface area contributed by atoms with Crippen molar-refractivity contribution in [2.24, 2.45) is 0 Å². The standard InChI is InChI=1S/C15H15FO3/c1-18-15-7-6-13(8-14(15)16)19-10-12-4-2-11(9-17)3-5-12/h2-8,17H,9-10H2,1H3. The van der Waals surface area contributed by atoms with E-state index in [1.807, 2.05) is 24.3 Å². The van der Waals surface area contributed by atoms with Gasteiger partial charge in [-0.3, -0.25) is 0 Å². The average Bonchev–Trinajstić information content (AvgIpc) is 2.46. The summed E-state index contributed by atoms with van der Waals surface area (Å²) >= 11 is 0. The second kappa shape index (κ2) is 6.20. The highest BCUT2D eigenvalue weighted by molar-refractivity contribution is 5.33. The second-order valence-electron chi connectivity index (χ2n) is 4.06. The molecule has 0 saturated carbocycles. The van der Waals surface area contributed by atoms with Gasteiger partial charge in [-0.05, 0) is 23.3 Å². The Morgan fingerprint density at radius 2 is 1.74 bits per heavy atom. The molecule has 0 fully saturated rings. The van der Waals surface area contributed by atoms with Crippen LogP contribution in [0.5, 0.6) is 11.5 Å². The van der Waals surface area contributed by atoms with Gasteiger partial charge in [-0.2, -0.15) is 0 Å². The fourth-order valence-corrected chi connectivity index (χ4v) is 1.64. The second-order valence-corrected chi connectivity index (χ2v) is 4.06. The van der Waals surface area contributed by atoms with E-state index >= 15 is 0 Å². The van der Waals surface area contributed by atoms with Crippen molar-refractivity contribution in [2.45, 2.75) is 13.2 Å². The third-order valence-electron chi connectivity index (χ3n) is 2.73. The summed E-state index contributed by atoms with van der Waals surface area (Å²) < 4.78 is 23.8. The molecular formula is C15H15FO3. The number of ether oxygens (including phenoxy) is 2. The first kappa shape index (κ1) is 13.4. The molecule has 4 heteroatoms. The Kier molecular flexibility index (Phi) is 4.36. The van der Waals surface area contributed by atoms with Crippen LogP contribution in [0.25, 0.3) is 0 Å². The Bertz CT molecular complexity index is 538. The molecule has 0 radical (unpaired) electrons. The zero-order chi connectivity index (χ0) is 13.7. The summed E-state index contributed by atoms with van der Waals surface area (Å²) in [4.78, 5) is 0. The first-order valence-electron chi connectivity index (χ1n) is 5.88. The van der Waals surface area contributed by atoms with Gasteiger partial charge in [0.25, 0.3) is 0 Å². The van der Waals surface area contributed by atoms with Crippen LogP contribution in [0.1, 0.15) is 11.1 Å². The largest absolute Gasteiger partial charge is 0.494 e. The van der Waals surface area contributed by atoms with E-state index in [0.29, 0.717) is 12.4 Å². The van der Waals surface area contributed by atoms with Crippen molar-refractivity contribution in [1.82, 2.24) is 0 Å². The van der Waals surface area contributed by atoms with Gasteiger partial charge in [-0.25, -0.2) is 4.39 Å². The van der Waals surface area contributed by atoms with Crippen LogP contribution in [-0.4, -0.2) is 12.2 Å². The van der Waals surface area contributed by atoms with Gasteiger partial charge in [0.1, 0.15) is 12.4 Å². The van der Waals surface area contributed by atoms with E-state index in [2.05, 4.69) is 0 Å². The van der Waals surface area contributed by atoms with Gasteiger partial charge in [0.05, 0.1) is 13.7 Å². The lowest BCUT2D eigenvalue weighted by Gasteiger charge is -2.08. The molecule has 0 aliphatic carbocycles. The average molecular weight is 262 g/mol. The van der Waals surface area contributed by atoms with Crippen LogP contribution in [-0.2, 0) is 13.2 Å². The third kappa shape index (κ3) is 3.45. The summed E-state index contributed by atoms with van der Waals surface area (Å²) in [7, 11) is 1.42. The van der Waals surface area contributed by atoms with Gasteiger partial charge >= 0.3 is 0 Å². The normalized spacial score (nSPS) is 10.3. The van der Waals surface area contributed by atoms with Crippen LogP contribution in [0.15, 0.2) is 42.5 Å². The molecule has 0 unspecified atom stereocenters. The fraction of sp³-hybridized carbons (Fsp3) is 0.200. The van der Waals surface area contributed by atoms with Crippen molar-refractivity contribution in [2.75, 3.05) is 7.11 Å². The molecule has 0 amide bonds. The molecule has 0 aliphatic heterocycles. The lowest BCUT2D eigenvalue weighted by atomic mass is 10.1. The summed E-state index contributed by atoms with van der Waals surface area (Å²) in [6, 6.07) is 11.9. The Balaban J connectivity index is 1.99. The number of hydrogen-bond donors (Lipinski definition) is 1. The minimum Gasteiger partial charge on any atom is -0.494 e. The maximum absolute atomic E-state index is 13.4. The van der Waals surface area contributed by atoms with Crippen LogP contribution in [0.2, 0.25) is 0 Å². The monoisotopic (exact) mass is 262 g/mol. The van der Waals surface area contributed by atoms with E-state index in [0.717, 1.165) is 11.1 Å². The highest BCUT2D eigenvalue weighted by Gasteiger charge is 2.04. The number of aliphatic hydroxyl groups excluding tert-OH is 1. The molecule has 0 atom stereocenters. The van der Waals surface area contributed by atoms with Crippen LogP contribution < -0.4 is 9.47 Å². The zero-order valence-electron chi connectivity index (χ0n) is 10.6. The van der Waals surface area contributed by atoms with E-state index in [1.165, 1.54) is 19.2 Å². The Morgan fingerprint density at radius 1 is 1.05 bits per heavy atom. The number of halogens is 1. The molecule has 0 bridgehead atoms. The maximum atomic E-state index is 13.4. The fourth-order valence-electron chi connectivity index (χ4n) is 1.64. The van der Waals surface area contributed by atoms with E-state index in [-0.39, 0.29) is 12.4 Å². The summed E-state index contributed by atoms with van der Waals surface area (Å²) in [5, 5.41) is 8.93. The molecule has 2 aromatic carbocycles. The van der Waals surface area contributed by atoms with Gasteiger partial charge in [-0.15, -0.1) is 0 Å². The smallest absolute Gasteiger partial charge is 0.168 e. The highest BCUT2D eigenvalue weighted by atomic mass is 19.1. The first-order valence-corrected chi connectivity index (χ1v) is 5.88. The van der Waals surface area contributed by atoms with E-state index in [9.17, 15) is 4.39 Å². The molecule has 2 rings (SSSR count). The highest BCUT2D eigenvalue weighted by Crippen LogP contribution is 2.22. The molecule has 19 heavy (non-hydrogen) atoms. The topological polar surface area (TPSA) is 38.7 Å². The van der Waals surface area contributed by atoms with Gasteiger partial charge in [0.15, 0.2) is 11.6 Å². The van der Waals surface area contributed by atoms with E-state index in [1.54, 1.807) is 6.07 Å². The van der Waals surface area contributed by atoms with Gasteiger partial charge in [0.2, 0.25) is 0 Å². The number of rotatable bonds is 5. The van der Waals surface area contributed by atoms with Crippen LogP contribution in [0, 0.1) is 5.82 Å². The van der Waals surface area contributed by atoms with E-state index in [4.69, 9.17) is 14.6 Å². The van der Waals surface area contributed by atoms with Crippen molar-refractivity contribution in [3.8, 4) is 11.5 Å². The molecule has 0 aliphatic rings. The molecule has 2 aromatic rings. The predicted molar refractivity (Wildman–Crippen MR) is 69.6 cm³/mol. The predicted octanol–water partition coefficient (Wildman–Crippen LogP) is 2.91.